The van der Waals surface area contributed by atoms with E-state index in [1.54, 1.807) is 7.11 Å². The Bertz CT molecular complexity index is 446. The molecule has 1 aromatic rings. The van der Waals surface area contributed by atoms with Crippen molar-refractivity contribution in [2.75, 3.05) is 33.4 Å². The summed E-state index contributed by atoms with van der Waals surface area (Å²) in [6.45, 7) is 8.48. The quantitative estimate of drug-likeness (QED) is 0.741. The first-order chi connectivity index (χ1) is 10.2. The molecule has 2 rings (SSSR count). The number of imidazole rings is 1. The van der Waals surface area contributed by atoms with Crippen LogP contribution in [0.15, 0.2) is 25.2 Å². The molecule has 5 heteroatoms. The number of aromatic nitrogens is 2. The zero-order valence-corrected chi connectivity index (χ0v) is 13.0. The number of methoxy groups -OCH3 is 1. The van der Waals surface area contributed by atoms with Gasteiger partial charge >= 0.3 is 0 Å². The Kier molecular flexibility index (Phi) is 5.96. The van der Waals surface area contributed by atoms with Gasteiger partial charge in [-0.2, -0.15) is 0 Å². The monoisotopic (exact) mass is 293 g/mol. The zero-order chi connectivity index (χ0) is 15.1. The van der Waals surface area contributed by atoms with E-state index in [-0.39, 0.29) is 12.0 Å². The van der Waals surface area contributed by atoms with Gasteiger partial charge in [0.1, 0.15) is 0 Å². The van der Waals surface area contributed by atoms with Gasteiger partial charge in [-0.1, -0.05) is 6.08 Å². The van der Waals surface area contributed by atoms with Gasteiger partial charge in [0.2, 0.25) is 0 Å². The van der Waals surface area contributed by atoms with Crippen LogP contribution in [0.3, 0.4) is 0 Å². The molecular formula is C16H27N3O2. The molecule has 1 saturated heterocycles. The standard InChI is InChI=1S/C16H27N3O2/c1-3-5-16(13-20)6-4-7-18(12-16)11-15-10-17-14-19(15)8-9-21-2/h3,10,14,20H,1,4-9,11-13H2,2H3. The number of allylic oxidation sites excluding steroid dienone is 1. The van der Waals surface area contributed by atoms with Crippen molar-refractivity contribution >= 4 is 0 Å². The number of ether oxygens (including phenoxy) is 1. The van der Waals surface area contributed by atoms with E-state index in [9.17, 15) is 5.11 Å². The second-order valence-corrected chi connectivity index (χ2v) is 6.04. The molecule has 1 fully saturated rings. The molecule has 0 aliphatic carbocycles. The number of nitrogens with zero attached hydrogens (tertiary/aromatic N) is 3. The molecule has 0 saturated carbocycles. The van der Waals surface area contributed by atoms with Gasteiger partial charge in [0.15, 0.2) is 0 Å². The number of aliphatic hydroxyl groups is 1. The van der Waals surface area contributed by atoms with Crippen molar-refractivity contribution in [3.8, 4) is 0 Å². The Labute approximate surface area is 127 Å². The predicted molar refractivity (Wildman–Crippen MR) is 82.9 cm³/mol. The lowest BCUT2D eigenvalue weighted by Gasteiger charge is -2.41. The number of hydrogen-bond acceptors (Lipinski definition) is 4. The molecule has 21 heavy (non-hydrogen) atoms. The summed E-state index contributed by atoms with van der Waals surface area (Å²) in [5.41, 5.74) is 1.19. The van der Waals surface area contributed by atoms with Gasteiger partial charge < -0.3 is 14.4 Å². The highest BCUT2D eigenvalue weighted by Gasteiger charge is 2.33. The van der Waals surface area contributed by atoms with Crippen LogP contribution in [0.5, 0.6) is 0 Å². The minimum atomic E-state index is -0.0165. The Morgan fingerprint density at radius 1 is 1.57 bits per heavy atom. The lowest BCUT2D eigenvalue weighted by molar-refractivity contribution is 0.0298. The summed E-state index contributed by atoms with van der Waals surface area (Å²) < 4.78 is 7.28. The van der Waals surface area contributed by atoms with E-state index >= 15 is 0 Å². The first-order valence-corrected chi connectivity index (χ1v) is 7.65. The van der Waals surface area contributed by atoms with E-state index in [1.807, 2.05) is 18.6 Å². The van der Waals surface area contributed by atoms with Gasteiger partial charge in [-0.25, -0.2) is 4.98 Å². The Hall–Kier alpha value is -1.17. The van der Waals surface area contributed by atoms with Gasteiger partial charge in [-0.15, -0.1) is 6.58 Å². The van der Waals surface area contributed by atoms with Gasteiger partial charge in [0.25, 0.3) is 0 Å². The van der Waals surface area contributed by atoms with Crippen molar-refractivity contribution in [2.24, 2.45) is 5.41 Å². The van der Waals surface area contributed by atoms with Crippen molar-refractivity contribution in [1.29, 1.82) is 0 Å². The van der Waals surface area contributed by atoms with E-state index in [1.165, 1.54) is 5.69 Å². The molecule has 0 aromatic carbocycles. The molecule has 5 nitrogen and oxygen atoms in total. The molecule has 1 aliphatic rings. The lowest BCUT2D eigenvalue weighted by atomic mass is 9.78. The maximum atomic E-state index is 9.78. The van der Waals surface area contributed by atoms with Gasteiger partial charge in [-0.05, 0) is 25.8 Å². The zero-order valence-electron chi connectivity index (χ0n) is 13.0. The number of hydrogen-bond donors (Lipinski definition) is 1. The van der Waals surface area contributed by atoms with Crippen molar-refractivity contribution in [1.82, 2.24) is 14.5 Å². The average Bonchev–Trinajstić information content (AvgIpc) is 2.93. The topological polar surface area (TPSA) is 50.5 Å². The van der Waals surface area contributed by atoms with Crippen LogP contribution in [0.1, 0.15) is 25.0 Å². The Morgan fingerprint density at radius 2 is 2.43 bits per heavy atom. The van der Waals surface area contributed by atoms with Crippen molar-refractivity contribution in [3.05, 3.63) is 30.9 Å². The van der Waals surface area contributed by atoms with Crippen molar-refractivity contribution in [3.63, 3.8) is 0 Å². The minimum Gasteiger partial charge on any atom is -0.396 e. The summed E-state index contributed by atoms with van der Waals surface area (Å²) in [4.78, 5) is 6.67. The number of aliphatic hydroxyl groups excluding tert-OH is 1. The highest BCUT2D eigenvalue weighted by atomic mass is 16.5. The van der Waals surface area contributed by atoms with Crippen LogP contribution in [-0.2, 0) is 17.8 Å². The van der Waals surface area contributed by atoms with Crippen LogP contribution in [-0.4, -0.2) is 53.0 Å². The predicted octanol–water partition coefficient (Wildman–Crippen LogP) is 1.68. The number of piperidine rings is 1. The summed E-state index contributed by atoms with van der Waals surface area (Å²) in [6.07, 6.45) is 8.81. The SMILES string of the molecule is C=CCC1(CO)CCCN(Cc2cncn2CCOC)C1. The van der Waals surface area contributed by atoms with Crippen LogP contribution in [0.4, 0.5) is 0 Å². The van der Waals surface area contributed by atoms with Gasteiger partial charge in [0, 0.05) is 38.4 Å². The summed E-state index contributed by atoms with van der Waals surface area (Å²) in [5.74, 6) is 0. The molecule has 0 radical (unpaired) electrons. The largest absolute Gasteiger partial charge is 0.396 e. The maximum Gasteiger partial charge on any atom is 0.0949 e. The molecule has 0 spiro atoms. The number of likely N-dealkylation sites (tertiary alicyclic amines) is 1. The average molecular weight is 293 g/mol. The van der Waals surface area contributed by atoms with E-state index in [0.717, 1.165) is 45.4 Å². The van der Waals surface area contributed by atoms with Crippen molar-refractivity contribution in [2.45, 2.75) is 32.4 Å². The summed E-state index contributed by atoms with van der Waals surface area (Å²) in [6, 6.07) is 0. The third-order valence-electron chi connectivity index (χ3n) is 4.37. The van der Waals surface area contributed by atoms with Crippen LogP contribution in [0.25, 0.3) is 0 Å². The number of rotatable bonds is 8. The molecule has 1 N–H and O–H groups in total. The molecule has 0 amide bonds. The van der Waals surface area contributed by atoms with E-state index in [2.05, 4.69) is 21.0 Å². The normalized spacial score (nSPS) is 23.3. The first-order valence-electron chi connectivity index (χ1n) is 7.65. The second-order valence-electron chi connectivity index (χ2n) is 6.04. The molecule has 1 atom stereocenters. The first kappa shape index (κ1) is 16.2. The Morgan fingerprint density at radius 3 is 3.14 bits per heavy atom. The maximum absolute atomic E-state index is 9.78. The van der Waals surface area contributed by atoms with Crippen LogP contribution < -0.4 is 0 Å². The van der Waals surface area contributed by atoms with E-state index in [4.69, 9.17) is 4.74 Å². The molecule has 1 aromatic heterocycles. The molecule has 1 unspecified atom stereocenters. The van der Waals surface area contributed by atoms with Crippen LogP contribution in [0.2, 0.25) is 0 Å². The van der Waals surface area contributed by atoms with E-state index < -0.39 is 0 Å². The fourth-order valence-electron chi connectivity index (χ4n) is 3.21. The van der Waals surface area contributed by atoms with Crippen molar-refractivity contribution < 1.29 is 9.84 Å². The van der Waals surface area contributed by atoms with Crippen LogP contribution >= 0.6 is 0 Å². The fraction of sp³-hybridized carbons (Fsp3) is 0.688. The van der Waals surface area contributed by atoms with Gasteiger partial charge in [-0.3, -0.25) is 4.90 Å². The van der Waals surface area contributed by atoms with E-state index in [0.29, 0.717) is 6.61 Å². The second kappa shape index (κ2) is 7.73. The minimum absolute atomic E-state index is 0.0165. The lowest BCUT2D eigenvalue weighted by Crippen LogP contribution is -2.45. The molecular weight excluding hydrogens is 266 g/mol. The summed E-state index contributed by atoms with van der Waals surface area (Å²) in [5, 5.41) is 9.78. The Balaban J connectivity index is 1.99. The third kappa shape index (κ3) is 4.15. The molecule has 2 heterocycles. The summed E-state index contributed by atoms with van der Waals surface area (Å²) >= 11 is 0. The van der Waals surface area contributed by atoms with Gasteiger partial charge in [0.05, 0.1) is 25.2 Å². The smallest absolute Gasteiger partial charge is 0.0949 e. The van der Waals surface area contributed by atoms with Crippen LogP contribution in [0, 0.1) is 5.41 Å². The molecule has 118 valence electrons. The highest BCUT2D eigenvalue weighted by molar-refractivity contribution is 5.00. The molecule has 0 bridgehead atoms. The fourth-order valence-corrected chi connectivity index (χ4v) is 3.21. The molecule has 1 aliphatic heterocycles. The summed E-state index contributed by atoms with van der Waals surface area (Å²) in [7, 11) is 1.71. The highest BCUT2D eigenvalue weighted by Crippen LogP contribution is 2.33. The third-order valence-corrected chi connectivity index (χ3v) is 4.37.